The predicted molar refractivity (Wildman–Crippen MR) is 119 cm³/mol. The van der Waals surface area contributed by atoms with Gasteiger partial charge in [0.15, 0.2) is 6.61 Å². The Morgan fingerprint density at radius 1 is 1.22 bits per heavy atom. The second kappa shape index (κ2) is 10.1. The summed E-state index contributed by atoms with van der Waals surface area (Å²) in [6, 6.07) is 7.67. The van der Waals surface area contributed by atoms with Crippen LogP contribution in [0.2, 0.25) is 0 Å². The molecule has 2 atom stereocenters. The Balaban J connectivity index is 1.40. The fraction of sp³-hybridized carbons (Fsp3) is 0.583. The molecule has 1 aromatic carbocycles. The quantitative estimate of drug-likeness (QED) is 0.475. The third-order valence-corrected chi connectivity index (χ3v) is 6.54. The van der Waals surface area contributed by atoms with Crippen molar-refractivity contribution in [3.8, 4) is 0 Å². The first-order valence-electron chi connectivity index (χ1n) is 11.4. The molecule has 0 bridgehead atoms. The number of esters is 1. The first-order valence-corrected chi connectivity index (χ1v) is 11.4. The van der Waals surface area contributed by atoms with E-state index in [2.05, 4.69) is 36.6 Å². The molecule has 1 aliphatic carbocycles. The number of urea groups is 1. The van der Waals surface area contributed by atoms with Gasteiger partial charge in [0.05, 0.1) is 0 Å². The van der Waals surface area contributed by atoms with Crippen LogP contribution in [0.15, 0.2) is 24.3 Å². The first kappa shape index (κ1) is 23.8. The Hall–Kier alpha value is -2.90. The average molecular weight is 444 g/mol. The van der Waals surface area contributed by atoms with Gasteiger partial charge in [-0.1, -0.05) is 57.9 Å². The number of amides is 4. The van der Waals surface area contributed by atoms with Gasteiger partial charge in [-0.2, -0.15) is 0 Å². The highest BCUT2D eigenvalue weighted by atomic mass is 16.5. The molecule has 3 rings (SSSR count). The minimum atomic E-state index is -0.916. The molecule has 4 amide bonds. The van der Waals surface area contributed by atoms with Gasteiger partial charge in [0.1, 0.15) is 12.1 Å². The smallest absolute Gasteiger partial charge is 0.326 e. The minimum absolute atomic E-state index is 0.0149. The van der Waals surface area contributed by atoms with E-state index in [0.29, 0.717) is 25.3 Å². The molecule has 2 aliphatic rings. The van der Waals surface area contributed by atoms with Gasteiger partial charge in [-0.3, -0.25) is 19.3 Å². The highest BCUT2D eigenvalue weighted by molar-refractivity contribution is 6.09. The Kier molecular flexibility index (Phi) is 7.53. The monoisotopic (exact) mass is 443 g/mol. The maximum absolute atomic E-state index is 12.9. The normalized spacial score (nSPS) is 22.9. The summed E-state index contributed by atoms with van der Waals surface area (Å²) in [5.74, 6) is -1.10. The Morgan fingerprint density at radius 2 is 1.94 bits per heavy atom. The average Bonchev–Trinajstić information content (AvgIpc) is 2.99. The molecule has 1 aliphatic heterocycles. The largest absolute Gasteiger partial charge is 0.454 e. The molecule has 1 aromatic rings. The van der Waals surface area contributed by atoms with Gasteiger partial charge >= 0.3 is 12.0 Å². The van der Waals surface area contributed by atoms with E-state index >= 15 is 0 Å². The first-order chi connectivity index (χ1) is 15.2. The van der Waals surface area contributed by atoms with E-state index in [0.717, 1.165) is 29.7 Å². The third kappa shape index (κ3) is 5.29. The van der Waals surface area contributed by atoms with E-state index in [1.54, 1.807) is 0 Å². The number of nitrogens with zero attached hydrogens (tertiary/aromatic N) is 1. The van der Waals surface area contributed by atoms with Crippen molar-refractivity contribution in [2.45, 2.75) is 64.3 Å². The number of rotatable bonds is 8. The van der Waals surface area contributed by atoms with Gasteiger partial charge in [-0.15, -0.1) is 0 Å². The van der Waals surface area contributed by atoms with Crippen LogP contribution < -0.4 is 10.6 Å². The van der Waals surface area contributed by atoms with Crippen LogP contribution >= 0.6 is 0 Å². The van der Waals surface area contributed by atoms with E-state index in [-0.39, 0.29) is 11.8 Å². The Morgan fingerprint density at radius 3 is 2.59 bits per heavy atom. The van der Waals surface area contributed by atoms with Crippen molar-refractivity contribution in [1.29, 1.82) is 0 Å². The van der Waals surface area contributed by atoms with Crippen molar-refractivity contribution in [2.24, 2.45) is 5.92 Å². The molecule has 32 heavy (non-hydrogen) atoms. The molecule has 174 valence electrons. The minimum Gasteiger partial charge on any atom is -0.454 e. The zero-order chi connectivity index (χ0) is 23.3. The number of hydrogen-bond acceptors (Lipinski definition) is 5. The maximum atomic E-state index is 12.9. The SMILES string of the molecule is CC(C)c1ccc(CCNC(=O)COC(=O)CN2C(=O)NC3(CCCCC3C)C2=O)cc1. The van der Waals surface area contributed by atoms with E-state index < -0.39 is 36.6 Å². The third-order valence-electron chi connectivity index (χ3n) is 6.54. The standard InChI is InChI=1S/C24H33N3O5/c1-16(2)19-9-7-18(8-10-19)11-13-25-20(28)15-32-21(29)14-27-22(30)24(26-23(27)31)12-5-4-6-17(24)3/h7-10,16-17H,4-6,11-15H2,1-3H3,(H,25,28)(H,26,31). The lowest BCUT2D eigenvalue weighted by molar-refractivity contribution is -0.151. The molecular formula is C24H33N3O5. The predicted octanol–water partition coefficient (Wildman–Crippen LogP) is 2.51. The van der Waals surface area contributed by atoms with Crippen LogP contribution in [0.25, 0.3) is 0 Å². The molecule has 1 spiro atoms. The molecule has 0 radical (unpaired) electrons. The second-order valence-electron chi connectivity index (χ2n) is 9.10. The summed E-state index contributed by atoms with van der Waals surface area (Å²) in [6.45, 7) is 5.70. The molecule has 8 nitrogen and oxygen atoms in total. The topological polar surface area (TPSA) is 105 Å². The molecule has 1 saturated carbocycles. The molecule has 0 aromatic heterocycles. The van der Waals surface area contributed by atoms with Crippen LogP contribution in [-0.4, -0.2) is 54.0 Å². The number of carbonyl (C=O) groups is 4. The molecule has 2 fully saturated rings. The molecule has 2 N–H and O–H groups in total. The van der Waals surface area contributed by atoms with Crippen LogP contribution in [0.3, 0.4) is 0 Å². The van der Waals surface area contributed by atoms with E-state index in [9.17, 15) is 19.2 Å². The summed E-state index contributed by atoms with van der Waals surface area (Å²) >= 11 is 0. The summed E-state index contributed by atoms with van der Waals surface area (Å²) in [7, 11) is 0. The number of hydrogen-bond donors (Lipinski definition) is 2. The Labute approximate surface area is 189 Å². The second-order valence-corrected chi connectivity index (χ2v) is 9.10. The highest BCUT2D eigenvalue weighted by Crippen LogP contribution is 2.38. The molecule has 1 saturated heterocycles. The van der Waals surface area contributed by atoms with Crippen molar-refractivity contribution in [2.75, 3.05) is 19.7 Å². The van der Waals surface area contributed by atoms with Gasteiger partial charge in [0.2, 0.25) is 0 Å². The van der Waals surface area contributed by atoms with E-state index in [1.165, 1.54) is 5.56 Å². The highest BCUT2D eigenvalue weighted by Gasteiger charge is 2.55. The van der Waals surface area contributed by atoms with Gasteiger partial charge in [0.25, 0.3) is 11.8 Å². The van der Waals surface area contributed by atoms with Gasteiger partial charge in [0, 0.05) is 6.54 Å². The van der Waals surface area contributed by atoms with Crippen LogP contribution in [0.1, 0.15) is 63.5 Å². The lowest BCUT2D eigenvalue weighted by Crippen LogP contribution is -2.54. The summed E-state index contributed by atoms with van der Waals surface area (Å²) in [5, 5.41) is 5.50. The van der Waals surface area contributed by atoms with Crippen molar-refractivity contribution in [3.05, 3.63) is 35.4 Å². The van der Waals surface area contributed by atoms with Crippen LogP contribution in [0.5, 0.6) is 0 Å². The molecule has 1 heterocycles. The number of carbonyl (C=O) groups excluding carboxylic acids is 4. The number of ether oxygens (including phenoxy) is 1. The summed E-state index contributed by atoms with van der Waals surface area (Å²) < 4.78 is 4.98. The maximum Gasteiger partial charge on any atom is 0.326 e. The van der Waals surface area contributed by atoms with Crippen LogP contribution in [0.4, 0.5) is 4.79 Å². The van der Waals surface area contributed by atoms with E-state index in [4.69, 9.17) is 4.74 Å². The summed E-state index contributed by atoms with van der Waals surface area (Å²) in [5.41, 5.74) is 1.45. The van der Waals surface area contributed by atoms with Gasteiger partial charge < -0.3 is 15.4 Å². The van der Waals surface area contributed by atoms with Crippen LogP contribution in [-0.2, 0) is 25.5 Å². The zero-order valence-electron chi connectivity index (χ0n) is 19.1. The fourth-order valence-corrected chi connectivity index (χ4v) is 4.43. The fourth-order valence-electron chi connectivity index (χ4n) is 4.43. The van der Waals surface area contributed by atoms with Gasteiger partial charge in [-0.05, 0) is 42.2 Å². The van der Waals surface area contributed by atoms with Crippen molar-refractivity contribution in [3.63, 3.8) is 0 Å². The lowest BCUT2D eigenvalue weighted by Gasteiger charge is -2.36. The van der Waals surface area contributed by atoms with Crippen LogP contribution in [0, 0.1) is 5.92 Å². The number of benzene rings is 1. The Bertz CT molecular complexity index is 867. The van der Waals surface area contributed by atoms with Crippen molar-refractivity contribution in [1.82, 2.24) is 15.5 Å². The van der Waals surface area contributed by atoms with Gasteiger partial charge in [-0.25, -0.2) is 4.79 Å². The number of nitrogens with one attached hydrogen (secondary N) is 2. The molecule has 8 heteroatoms. The van der Waals surface area contributed by atoms with Crippen molar-refractivity contribution < 1.29 is 23.9 Å². The number of imide groups is 1. The molecular weight excluding hydrogens is 410 g/mol. The zero-order valence-corrected chi connectivity index (χ0v) is 19.1. The lowest BCUT2D eigenvalue weighted by atomic mass is 9.73. The summed E-state index contributed by atoms with van der Waals surface area (Å²) in [6.07, 6.45) is 3.98. The molecule has 2 unspecified atom stereocenters. The van der Waals surface area contributed by atoms with Crippen molar-refractivity contribution >= 4 is 23.8 Å². The summed E-state index contributed by atoms with van der Waals surface area (Å²) in [4.78, 5) is 50.2. The van der Waals surface area contributed by atoms with E-state index in [1.807, 2.05) is 19.1 Å².